The Bertz CT molecular complexity index is 951. The molecule has 1 aliphatic rings. The summed E-state index contributed by atoms with van der Waals surface area (Å²) in [5.74, 6) is 0. The van der Waals surface area contributed by atoms with E-state index in [1.807, 2.05) is 24.3 Å². The van der Waals surface area contributed by atoms with Crippen molar-refractivity contribution in [3.05, 3.63) is 144 Å². The minimum absolute atomic E-state index is 0.430. The van der Waals surface area contributed by atoms with Gasteiger partial charge in [0, 0.05) is 5.23 Å². The van der Waals surface area contributed by atoms with E-state index >= 15 is 0 Å². The Morgan fingerprint density at radius 1 is 0.484 bits per heavy atom. The highest BCUT2D eigenvalue weighted by Crippen LogP contribution is 2.58. The smallest absolute Gasteiger partial charge is 0.393 e. The molecule has 2 nitrogen and oxygen atoms in total. The van der Waals surface area contributed by atoms with Crippen LogP contribution in [0.3, 0.4) is 0 Å². The van der Waals surface area contributed by atoms with Crippen molar-refractivity contribution in [2.75, 3.05) is 5.23 Å². The molecule has 31 heavy (non-hydrogen) atoms. The molecule has 0 N–H and O–H groups in total. The molecule has 1 saturated heterocycles. The van der Waals surface area contributed by atoms with Gasteiger partial charge >= 0.3 is 7.12 Å². The van der Waals surface area contributed by atoms with Crippen molar-refractivity contribution < 1.29 is 9.31 Å². The highest BCUT2D eigenvalue weighted by molar-refractivity contribution is 9.09. The van der Waals surface area contributed by atoms with Crippen LogP contribution < -0.4 is 0 Å². The van der Waals surface area contributed by atoms with E-state index in [1.165, 1.54) is 0 Å². The normalized spacial score (nSPS) is 16.9. The van der Waals surface area contributed by atoms with Gasteiger partial charge in [-0.1, -0.05) is 137 Å². The van der Waals surface area contributed by atoms with E-state index in [0.717, 1.165) is 22.3 Å². The summed E-state index contributed by atoms with van der Waals surface area (Å²) < 4.78 is 13.9. The molecule has 0 bridgehead atoms. The lowest BCUT2D eigenvalue weighted by atomic mass is 9.66. The standard InChI is InChI=1S/C27H22BBrO2/c29-21-28-30-26(22-13-5-1-6-14-22,23-15-7-2-8-16-23)27(31-28,24-17-9-3-10-18-24)25-19-11-4-12-20-25/h1-20H,21H2. The van der Waals surface area contributed by atoms with E-state index in [0.29, 0.717) is 5.23 Å². The quantitative estimate of drug-likeness (QED) is 0.251. The zero-order chi connectivity index (χ0) is 21.2. The number of benzene rings is 4. The van der Waals surface area contributed by atoms with Gasteiger partial charge in [-0.25, -0.2) is 0 Å². The molecule has 0 aromatic heterocycles. The van der Waals surface area contributed by atoms with Crippen molar-refractivity contribution in [1.82, 2.24) is 0 Å². The molecule has 0 atom stereocenters. The molecule has 0 unspecified atom stereocenters. The monoisotopic (exact) mass is 468 g/mol. The summed E-state index contributed by atoms with van der Waals surface area (Å²) in [6, 6.07) is 41.7. The average molecular weight is 469 g/mol. The summed E-state index contributed by atoms with van der Waals surface area (Å²) in [5.41, 5.74) is 2.46. The molecule has 4 aromatic rings. The molecule has 5 rings (SSSR count). The van der Waals surface area contributed by atoms with Crippen LogP contribution in [-0.2, 0) is 20.5 Å². The molecule has 0 saturated carbocycles. The fourth-order valence-corrected chi connectivity index (χ4v) is 5.02. The highest BCUT2D eigenvalue weighted by Gasteiger charge is 2.65. The van der Waals surface area contributed by atoms with Crippen LogP contribution in [0.1, 0.15) is 22.3 Å². The number of alkyl halides is 1. The molecular weight excluding hydrogens is 447 g/mol. The van der Waals surface area contributed by atoms with E-state index in [2.05, 4.69) is 113 Å². The van der Waals surface area contributed by atoms with Crippen LogP contribution in [0.2, 0.25) is 0 Å². The molecule has 0 amide bonds. The van der Waals surface area contributed by atoms with Gasteiger partial charge in [0.15, 0.2) is 0 Å². The molecule has 0 aliphatic carbocycles. The van der Waals surface area contributed by atoms with E-state index in [4.69, 9.17) is 9.31 Å². The minimum atomic E-state index is -0.878. The number of hydrogen-bond donors (Lipinski definition) is 0. The molecule has 1 heterocycles. The Kier molecular flexibility index (Phi) is 5.53. The lowest BCUT2D eigenvalue weighted by molar-refractivity contribution is 0.00370. The molecule has 152 valence electrons. The maximum absolute atomic E-state index is 6.93. The van der Waals surface area contributed by atoms with Gasteiger partial charge in [0.05, 0.1) is 0 Å². The number of halogens is 1. The van der Waals surface area contributed by atoms with Gasteiger partial charge in [-0.3, -0.25) is 0 Å². The van der Waals surface area contributed by atoms with Gasteiger partial charge in [0.25, 0.3) is 0 Å². The molecular formula is C27H22BBrO2. The minimum Gasteiger partial charge on any atom is -0.393 e. The van der Waals surface area contributed by atoms with Gasteiger partial charge in [0.1, 0.15) is 11.2 Å². The first-order chi connectivity index (χ1) is 15.3. The van der Waals surface area contributed by atoms with Gasteiger partial charge in [0.2, 0.25) is 0 Å². The van der Waals surface area contributed by atoms with Crippen molar-refractivity contribution in [3.63, 3.8) is 0 Å². The molecule has 1 fully saturated rings. The lowest BCUT2D eigenvalue weighted by Crippen LogP contribution is -2.48. The summed E-state index contributed by atoms with van der Waals surface area (Å²) in [7, 11) is -0.430. The van der Waals surface area contributed by atoms with Gasteiger partial charge in [-0.2, -0.15) is 0 Å². The van der Waals surface area contributed by atoms with Crippen molar-refractivity contribution in [1.29, 1.82) is 0 Å². The van der Waals surface area contributed by atoms with Crippen molar-refractivity contribution >= 4 is 23.0 Å². The Hall–Kier alpha value is -2.66. The first kappa shape index (κ1) is 20.3. The fraction of sp³-hybridized carbons (Fsp3) is 0.111. The number of rotatable bonds is 5. The van der Waals surface area contributed by atoms with Crippen molar-refractivity contribution in [3.8, 4) is 0 Å². The summed E-state index contributed by atoms with van der Waals surface area (Å²) in [6.07, 6.45) is 0. The topological polar surface area (TPSA) is 18.5 Å². The van der Waals surface area contributed by atoms with Crippen molar-refractivity contribution in [2.45, 2.75) is 11.2 Å². The molecule has 0 radical (unpaired) electrons. The van der Waals surface area contributed by atoms with Gasteiger partial charge in [-0.15, -0.1) is 0 Å². The van der Waals surface area contributed by atoms with Gasteiger partial charge < -0.3 is 9.31 Å². The second-order valence-corrected chi connectivity index (χ2v) is 8.29. The second kappa shape index (κ2) is 8.47. The Labute approximate surface area is 192 Å². The first-order valence-electron chi connectivity index (χ1n) is 10.4. The van der Waals surface area contributed by atoms with Crippen LogP contribution in [0.5, 0.6) is 0 Å². The van der Waals surface area contributed by atoms with Gasteiger partial charge in [-0.05, 0) is 22.3 Å². The van der Waals surface area contributed by atoms with Crippen LogP contribution in [0, 0.1) is 0 Å². The highest BCUT2D eigenvalue weighted by atomic mass is 79.9. The molecule has 1 aliphatic heterocycles. The maximum Gasteiger partial charge on any atom is 0.470 e. The third-order valence-electron chi connectivity index (χ3n) is 5.96. The largest absolute Gasteiger partial charge is 0.470 e. The summed E-state index contributed by atoms with van der Waals surface area (Å²) in [4.78, 5) is 0. The Balaban J connectivity index is 1.93. The average Bonchev–Trinajstić information content (AvgIpc) is 3.24. The Morgan fingerprint density at radius 2 is 0.742 bits per heavy atom. The summed E-state index contributed by atoms with van der Waals surface area (Å²) in [6.45, 7) is 0. The van der Waals surface area contributed by atoms with Crippen LogP contribution in [-0.4, -0.2) is 12.3 Å². The molecule has 4 heteroatoms. The van der Waals surface area contributed by atoms with Crippen molar-refractivity contribution in [2.24, 2.45) is 0 Å². The summed E-state index contributed by atoms with van der Waals surface area (Å²) in [5, 5.41) is 0.565. The molecule has 0 spiro atoms. The first-order valence-corrected chi connectivity index (χ1v) is 11.6. The predicted octanol–water partition coefficient (Wildman–Crippen LogP) is 6.34. The summed E-state index contributed by atoms with van der Waals surface area (Å²) >= 11 is 3.62. The molecule has 4 aromatic carbocycles. The second-order valence-electron chi connectivity index (χ2n) is 7.65. The zero-order valence-electron chi connectivity index (χ0n) is 17.0. The lowest BCUT2D eigenvalue weighted by Gasteiger charge is -2.46. The van der Waals surface area contributed by atoms with E-state index < -0.39 is 18.3 Å². The SMILES string of the molecule is BrCB1OC(c2ccccc2)(c2ccccc2)C(c2ccccc2)(c2ccccc2)O1. The van der Waals surface area contributed by atoms with E-state index in [9.17, 15) is 0 Å². The van der Waals surface area contributed by atoms with Crippen LogP contribution in [0.4, 0.5) is 0 Å². The third kappa shape index (κ3) is 3.18. The van der Waals surface area contributed by atoms with E-state index in [1.54, 1.807) is 0 Å². The number of hydrogen-bond acceptors (Lipinski definition) is 2. The Morgan fingerprint density at radius 3 is 0.968 bits per heavy atom. The maximum atomic E-state index is 6.93. The predicted molar refractivity (Wildman–Crippen MR) is 129 cm³/mol. The van der Waals surface area contributed by atoms with Crippen LogP contribution >= 0.6 is 15.9 Å². The van der Waals surface area contributed by atoms with E-state index in [-0.39, 0.29) is 0 Å². The van der Waals surface area contributed by atoms with Crippen LogP contribution in [0.15, 0.2) is 121 Å². The fourth-order valence-electron chi connectivity index (χ4n) is 4.76. The zero-order valence-corrected chi connectivity index (χ0v) is 18.6. The third-order valence-corrected chi connectivity index (χ3v) is 6.49. The van der Waals surface area contributed by atoms with Crippen LogP contribution in [0.25, 0.3) is 0 Å².